The molecule has 1 aromatic rings. The SMILES string of the molecule is CNC(=O)NC(=O)C[NH+](C)Cc1cccc(F)c1. The second-order valence-electron chi connectivity index (χ2n) is 4.07. The summed E-state index contributed by atoms with van der Waals surface area (Å²) in [7, 11) is 3.24. The normalized spacial score (nSPS) is 11.7. The van der Waals surface area contributed by atoms with Gasteiger partial charge in [-0.15, -0.1) is 0 Å². The van der Waals surface area contributed by atoms with E-state index in [1.807, 2.05) is 0 Å². The minimum atomic E-state index is -0.529. The molecular formula is C12H17FN3O2+. The largest absolute Gasteiger partial charge is 0.341 e. The van der Waals surface area contributed by atoms with Crippen molar-refractivity contribution in [1.29, 1.82) is 0 Å². The minimum Gasteiger partial charge on any atom is -0.341 e. The Morgan fingerprint density at radius 2 is 2.11 bits per heavy atom. The van der Waals surface area contributed by atoms with Crippen LogP contribution in [0.1, 0.15) is 5.56 Å². The lowest BCUT2D eigenvalue weighted by Crippen LogP contribution is -3.09. The summed E-state index contributed by atoms with van der Waals surface area (Å²) in [4.78, 5) is 23.2. The van der Waals surface area contributed by atoms with Crippen molar-refractivity contribution in [3.63, 3.8) is 0 Å². The highest BCUT2D eigenvalue weighted by molar-refractivity contribution is 5.94. The maximum absolute atomic E-state index is 13.0. The molecule has 0 spiro atoms. The van der Waals surface area contributed by atoms with E-state index >= 15 is 0 Å². The van der Waals surface area contributed by atoms with Crippen LogP contribution in [0.15, 0.2) is 24.3 Å². The second-order valence-corrected chi connectivity index (χ2v) is 4.07. The van der Waals surface area contributed by atoms with Crippen LogP contribution in [-0.2, 0) is 11.3 Å². The molecule has 5 nitrogen and oxygen atoms in total. The zero-order valence-electron chi connectivity index (χ0n) is 10.4. The summed E-state index contributed by atoms with van der Waals surface area (Å²) < 4.78 is 13.0. The molecule has 98 valence electrons. The average Bonchev–Trinajstić information content (AvgIpc) is 2.28. The summed E-state index contributed by atoms with van der Waals surface area (Å²) in [6.07, 6.45) is 0. The maximum Gasteiger partial charge on any atom is 0.321 e. The number of quaternary nitrogens is 1. The van der Waals surface area contributed by atoms with E-state index < -0.39 is 6.03 Å². The quantitative estimate of drug-likeness (QED) is 0.665. The number of rotatable bonds is 4. The van der Waals surface area contributed by atoms with Gasteiger partial charge in [0.15, 0.2) is 6.54 Å². The zero-order chi connectivity index (χ0) is 13.5. The van der Waals surface area contributed by atoms with E-state index in [0.29, 0.717) is 6.54 Å². The van der Waals surface area contributed by atoms with Crippen molar-refractivity contribution in [2.75, 3.05) is 20.6 Å². The smallest absolute Gasteiger partial charge is 0.321 e. The molecule has 3 amide bonds. The fourth-order valence-electron chi connectivity index (χ4n) is 1.57. The predicted octanol–water partition coefficient (Wildman–Crippen LogP) is -0.704. The van der Waals surface area contributed by atoms with Crippen LogP contribution in [0.4, 0.5) is 9.18 Å². The number of hydrogen-bond acceptors (Lipinski definition) is 2. The molecule has 0 radical (unpaired) electrons. The molecule has 0 aliphatic carbocycles. The van der Waals surface area contributed by atoms with Crippen molar-refractivity contribution < 1.29 is 18.9 Å². The van der Waals surface area contributed by atoms with Crippen LogP contribution >= 0.6 is 0 Å². The third-order valence-corrected chi connectivity index (χ3v) is 2.34. The van der Waals surface area contributed by atoms with E-state index in [4.69, 9.17) is 0 Å². The number of benzene rings is 1. The Kier molecular flexibility index (Phi) is 5.26. The number of carbonyl (C=O) groups excluding carboxylic acids is 2. The van der Waals surface area contributed by atoms with Crippen LogP contribution in [0.3, 0.4) is 0 Å². The Hall–Kier alpha value is -1.95. The van der Waals surface area contributed by atoms with Gasteiger partial charge in [-0.05, 0) is 12.1 Å². The molecule has 0 aliphatic heterocycles. The Morgan fingerprint density at radius 1 is 1.39 bits per heavy atom. The van der Waals surface area contributed by atoms with Crippen LogP contribution < -0.4 is 15.5 Å². The molecule has 0 saturated heterocycles. The van der Waals surface area contributed by atoms with Gasteiger partial charge >= 0.3 is 6.03 Å². The molecule has 0 aromatic heterocycles. The Labute approximate surface area is 105 Å². The van der Waals surface area contributed by atoms with Gasteiger partial charge in [-0.1, -0.05) is 12.1 Å². The Morgan fingerprint density at radius 3 is 2.72 bits per heavy atom. The monoisotopic (exact) mass is 254 g/mol. The molecule has 0 bridgehead atoms. The number of carbonyl (C=O) groups is 2. The van der Waals surface area contributed by atoms with Crippen LogP contribution in [0, 0.1) is 5.82 Å². The van der Waals surface area contributed by atoms with E-state index in [0.717, 1.165) is 10.5 Å². The summed E-state index contributed by atoms with van der Waals surface area (Å²) in [5, 5.41) is 4.47. The van der Waals surface area contributed by atoms with Crippen molar-refractivity contribution in [1.82, 2.24) is 10.6 Å². The predicted molar refractivity (Wildman–Crippen MR) is 64.5 cm³/mol. The molecule has 6 heteroatoms. The molecule has 0 fully saturated rings. The van der Waals surface area contributed by atoms with Gasteiger partial charge in [-0.2, -0.15) is 0 Å². The first kappa shape index (κ1) is 14.1. The van der Waals surface area contributed by atoms with Gasteiger partial charge in [0.2, 0.25) is 0 Å². The summed E-state index contributed by atoms with van der Waals surface area (Å²) in [5.74, 6) is -0.668. The molecular weight excluding hydrogens is 237 g/mol. The molecule has 1 aromatic carbocycles. The van der Waals surface area contributed by atoms with Crippen LogP contribution in [0.2, 0.25) is 0 Å². The minimum absolute atomic E-state index is 0.143. The van der Waals surface area contributed by atoms with Gasteiger partial charge in [0.25, 0.3) is 5.91 Å². The number of imide groups is 1. The Balaban J connectivity index is 2.44. The topological polar surface area (TPSA) is 62.6 Å². The first-order chi connectivity index (χ1) is 8.51. The number of urea groups is 1. The molecule has 1 rings (SSSR count). The van der Waals surface area contributed by atoms with E-state index in [1.54, 1.807) is 19.2 Å². The third kappa shape index (κ3) is 4.92. The van der Waals surface area contributed by atoms with E-state index in [1.165, 1.54) is 19.2 Å². The highest BCUT2D eigenvalue weighted by Crippen LogP contribution is 2.01. The van der Waals surface area contributed by atoms with Gasteiger partial charge in [0.1, 0.15) is 12.4 Å². The lowest BCUT2D eigenvalue weighted by molar-refractivity contribution is -0.885. The standard InChI is InChI=1S/C12H16FN3O2/c1-14-12(18)15-11(17)8-16(2)7-9-4-3-5-10(13)6-9/h3-6H,7-8H2,1-2H3,(H2,14,15,17,18)/p+1. The summed E-state index contributed by atoms with van der Waals surface area (Å²) in [5.41, 5.74) is 0.806. The van der Waals surface area contributed by atoms with Crippen LogP contribution in [0.25, 0.3) is 0 Å². The summed E-state index contributed by atoms with van der Waals surface area (Å²) in [6, 6.07) is 5.70. The summed E-state index contributed by atoms with van der Waals surface area (Å²) in [6.45, 7) is 0.656. The van der Waals surface area contributed by atoms with Gasteiger partial charge in [-0.3, -0.25) is 10.1 Å². The number of hydrogen-bond donors (Lipinski definition) is 3. The van der Waals surface area contributed by atoms with Crippen molar-refractivity contribution in [3.8, 4) is 0 Å². The summed E-state index contributed by atoms with van der Waals surface area (Å²) >= 11 is 0. The van der Waals surface area contributed by atoms with Crippen molar-refractivity contribution in [2.45, 2.75) is 6.54 Å². The molecule has 0 aliphatic rings. The molecule has 0 heterocycles. The van der Waals surface area contributed by atoms with E-state index in [2.05, 4.69) is 10.6 Å². The average molecular weight is 254 g/mol. The fraction of sp³-hybridized carbons (Fsp3) is 0.333. The number of halogens is 1. The first-order valence-electron chi connectivity index (χ1n) is 5.58. The van der Waals surface area contributed by atoms with Gasteiger partial charge < -0.3 is 10.2 Å². The maximum atomic E-state index is 13.0. The van der Waals surface area contributed by atoms with Crippen LogP contribution in [0.5, 0.6) is 0 Å². The zero-order valence-corrected chi connectivity index (χ0v) is 10.4. The number of amides is 3. The molecule has 1 unspecified atom stereocenters. The molecule has 1 atom stereocenters. The number of nitrogens with one attached hydrogen (secondary N) is 3. The van der Waals surface area contributed by atoms with Crippen LogP contribution in [-0.4, -0.2) is 32.6 Å². The first-order valence-corrected chi connectivity index (χ1v) is 5.58. The van der Waals surface area contributed by atoms with Gasteiger partial charge in [-0.25, -0.2) is 9.18 Å². The highest BCUT2D eigenvalue weighted by atomic mass is 19.1. The molecule has 3 N–H and O–H groups in total. The highest BCUT2D eigenvalue weighted by Gasteiger charge is 2.12. The van der Waals surface area contributed by atoms with E-state index in [9.17, 15) is 14.0 Å². The van der Waals surface area contributed by atoms with Crippen molar-refractivity contribution in [2.24, 2.45) is 0 Å². The van der Waals surface area contributed by atoms with Crippen molar-refractivity contribution in [3.05, 3.63) is 35.6 Å². The Bertz CT molecular complexity index is 437. The van der Waals surface area contributed by atoms with Gasteiger partial charge in [0.05, 0.1) is 7.05 Å². The lowest BCUT2D eigenvalue weighted by atomic mass is 10.2. The molecule has 18 heavy (non-hydrogen) atoms. The second kappa shape index (κ2) is 6.70. The number of likely N-dealkylation sites (N-methyl/N-ethyl adjacent to an activating group) is 1. The third-order valence-electron chi connectivity index (χ3n) is 2.34. The fourth-order valence-corrected chi connectivity index (χ4v) is 1.57. The van der Waals surface area contributed by atoms with E-state index in [-0.39, 0.29) is 18.3 Å². The van der Waals surface area contributed by atoms with Crippen molar-refractivity contribution >= 4 is 11.9 Å². The lowest BCUT2D eigenvalue weighted by Gasteiger charge is -2.13. The van der Waals surface area contributed by atoms with Gasteiger partial charge in [0, 0.05) is 12.6 Å². The molecule has 0 saturated carbocycles.